The first-order valence-corrected chi connectivity index (χ1v) is 14.8. The van der Waals surface area contributed by atoms with E-state index in [0.717, 1.165) is 10.3 Å². The minimum absolute atomic E-state index is 0.0132. The average Bonchev–Trinajstić information content (AvgIpc) is 3.38. The number of piperidine rings is 1. The minimum atomic E-state index is -0.809. The van der Waals surface area contributed by atoms with Gasteiger partial charge in [-0.1, -0.05) is 43.9 Å². The second-order valence-corrected chi connectivity index (χ2v) is 12.0. The molecular formula is C31H30FN7O3S. The summed E-state index contributed by atoms with van der Waals surface area (Å²) in [5.41, 5.74) is 7.37. The van der Waals surface area contributed by atoms with Crippen molar-refractivity contribution in [3.05, 3.63) is 87.0 Å². The number of carbonyl (C=O) groups is 1. The van der Waals surface area contributed by atoms with Crippen molar-refractivity contribution in [2.75, 3.05) is 18.8 Å². The Balaban J connectivity index is 1.68. The number of benzene rings is 1. The fourth-order valence-corrected chi connectivity index (χ4v) is 6.65. The van der Waals surface area contributed by atoms with Gasteiger partial charge in [-0.05, 0) is 49.5 Å². The summed E-state index contributed by atoms with van der Waals surface area (Å²) in [6.07, 6.45) is 3.72. The molecule has 1 aromatic carbocycles. The van der Waals surface area contributed by atoms with E-state index in [4.69, 9.17) is 10.7 Å². The third kappa shape index (κ3) is 4.71. The quantitative estimate of drug-likeness (QED) is 0.229. The first kappa shape index (κ1) is 28.4. The van der Waals surface area contributed by atoms with Crippen LogP contribution < -0.4 is 16.9 Å². The molecule has 10 nitrogen and oxygen atoms in total. The van der Waals surface area contributed by atoms with E-state index in [9.17, 15) is 14.4 Å². The number of halogens is 1. The zero-order valence-corrected chi connectivity index (χ0v) is 24.8. The lowest BCUT2D eigenvalue weighted by molar-refractivity contribution is -0.127. The van der Waals surface area contributed by atoms with Crippen LogP contribution in [0.1, 0.15) is 49.9 Å². The third-order valence-electron chi connectivity index (χ3n) is 7.94. The van der Waals surface area contributed by atoms with Crippen molar-refractivity contribution in [2.45, 2.75) is 45.6 Å². The van der Waals surface area contributed by atoms with Gasteiger partial charge in [0.1, 0.15) is 5.69 Å². The molecule has 220 valence electrons. The predicted octanol–water partition coefficient (Wildman–Crippen LogP) is 4.72. The molecule has 0 unspecified atom stereocenters. The van der Waals surface area contributed by atoms with Crippen LogP contribution in [0.25, 0.3) is 38.3 Å². The molecule has 1 saturated heterocycles. The SMILES string of the molecule is C=CC(=O)N1CCC(n2c(=O)c(=O)n(-c3c(C)ccnc3C(C)C)c3nc(-c4cccc5sc(N)nc45)c(F)cc32)CC1. The van der Waals surface area contributed by atoms with Crippen LogP contribution in [0.4, 0.5) is 9.52 Å². The van der Waals surface area contributed by atoms with E-state index in [1.165, 1.54) is 32.6 Å². The maximum Gasteiger partial charge on any atom is 0.322 e. The summed E-state index contributed by atoms with van der Waals surface area (Å²) in [4.78, 5) is 55.6. The Hall–Kier alpha value is -4.71. The number of pyridine rings is 2. The lowest BCUT2D eigenvalue weighted by atomic mass is 10.0. The van der Waals surface area contributed by atoms with Crippen LogP contribution >= 0.6 is 11.3 Å². The van der Waals surface area contributed by atoms with E-state index >= 15 is 4.39 Å². The van der Waals surface area contributed by atoms with E-state index in [1.807, 2.05) is 26.8 Å². The number of hydrogen-bond acceptors (Lipinski definition) is 8. The van der Waals surface area contributed by atoms with Gasteiger partial charge in [-0.2, -0.15) is 0 Å². The van der Waals surface area contributed by atoms with Gasteiger partial charge >= 0.3 is 11.1 Å². The molecule has 43 heavy (non-hydrogen) atoms. The Kier molecular flexibility index (Phi) is 7.17. The van der Waals surface area contributed by atoms with Crippen molar-refractivity contribution in [2.24, 2.45) is 0 Å². The van der Waals surface area contributed by atoms with Crippen LogP contribution in [-0.4, -0.2) is 48.0 Å². The summed E-state index contributed by atoms with van der Waals surface area (Å²) in [6.45, 7) is 10.0. The molecule has 0 radical (unpaired) electrons. The maximum atomic E-state index is 16.2. The first-order valence-electron chi connectivity index (χ1n) is 14.0. The highest BCUT2D eigenvalue weighted by Crippen LogP contribution is 2.35. The highest BCUT2D eigenvalue weighted by Gasteiger charge is 2.29. The number of amides is 1. The highest BCUT2D eigenvalue weighted by atomic mass is 32.1. The number of nitrogens with two attached hydrogens (primary N) is 1. The monoisotopic (exact) mass is 599 g/mol. The standard InChI is InChI=1S/C31H30FN7O3S/c1-5-23(40)37-13-10-18(11-14-37)38-21-15-20(32)25(19-7-6-8-22-26(19)36-31(33)43-22)35-28(21)39(30(42)29(38)41)27-17(4)9-12-34-24(27)16(2)3/h5-9,12,15-16,18H,1,10-11,13-14H2,2-4H3,(H2,33,36). The maximum absolute atomic E-state index is 16.2. The summed E-state index contributed by atoms with van der Waals surface area (Å²) in [6, 6.07) is 7.91. The molecule has 1 aliphatic heterocycles. The van der Waals surface area contributed by atoms with E-state index in [-0.39, 0.29) is 28.7 Å². The topological polar surface area (TPSA) is 129 Å². The zero-order chi connectivity index (χ0) is 30.6. The van der Waals surface area contributed by atoms with Crippen LogP contribution in [0.3, 0.4) is 0 Å². The molecular weight excluding hydrogens is 569 g/mol. The predicted molar refractivity (Wildman–Crippen MR) is 166 cm³/mol. The molecule has 1 amide bonds. The molecule has 12 heteroatoms. The van der Waals surface area contributed by atoms with Crippen LogP contribution in [0.2, 0.25) is 0 Å². The van der Waals surface area contributed by atoms with Gasteiger partial charge in [0.15, 0.2) is 16.6 Å². The average molecular weight is 600 g/mol. The van der Waals surface area contributed by atoms with E-state index in [0.29, 0.717) is 53.5 Å². The van der Waals surface area contributed by atoms with Gasteiger partial charge in [0, 0.05) is 37.0 Å². The number of fused-ring (bicyclic) bond motifs is 2. The second-order valence-electron chi connectivity index (χ2n) is 11.0. The molecule has 0 saturated carbocycles. The Morgan fingerprint density at radius 2 is 1.91 bits per heavy atom. The Labute approximate surface area is 250 Å². The lowest BCUT2D eigenvalue weighted by Crippen LogP contribution is -2.46. The number of para-hydroxylation sites is 1. The highest BCUT2D eigenvalue weighted by molar-refractivity contribution is 7.22. The summed E-state index contributed by atoms with van der Waals surface area (Å²) in [5, 5.41) is 0.336. The van der Waals surface area contributed by atoms with Gasteiger partial charge in [-0.15, -0.1) is 0 Å². The number of nitrogen functional groups attached to an aromatic ring is 1. The largest absolute Gasteiger partial charge is 0.375 e. The molecule has 0 atom stereocenters. The molecule has 0 spiro atoms. The van der Waals surface area contributed by atoms with Crippen LogP contribution in [0.5, 0.6) is 0 Å². The van der Waals surface area contributed by atoms with Crippen LogP contribution in [-0.2, 0) is 4.79 Å². The summed E-state index contributed by atoms with van der Waals surface area (Å²) in [7, 11) is 0. The van der Waals surface area contributed by atoms with Crippen molar-refractivity contribution < 1.29 is 9.18 Å². The first-order chi connectivity index (χ1) is 20.6. The normalized spacial score (nSPS) is 14.2. The van der Waals surface area contributed by atoms with Crippen molar-refractivity contribution in [3.8, 4) is 16.9 Å². The van der Waals surface area contributed by atoms with Gasteiger partial charge in [0.25, 0.3) is 0 Å². The third-order valence-corrected chi connectivity index (χ3v) is 8.79. The number of nitrogens with zero attached hydrogens (tertiary/aromatic N) is 6. The molecule has 1 aliphatic rings. The number of hydrogen-bond donors (Lipinski definition) is 1. The lowest BCUT2D eigenvalue weighted by Gasteiger charge is -2.33. The smallest absolute Gasteiger partial charge is 0.322 e. The minimum Gasteiger partial charge on any atom is -0.375 e. The number of rotatable bonds is 5. The van der Waals surface area contributed by atoms with E-state index in [1.54, 1.807) is 29.3 Å². The number of anilines is 1. The molecule has 2 N–H and O–H groups in total. The Morgan fingerprint density at radius 3 is 2.60 bits per heavy atom. The fraction of sp³-hybridized carbons (Fsp3) is 0.290. The fourth-order valence-electron chi connectivity index (χ4n) is 5.89. The van der Waals surface area contributed by atoms with Gasteiger partial charge < -0.3 is 10.6 Å². The van der Waals surface area contributed by atoms with Gasteiger partial charge in [-0.25, -0.2) is 14.4 Å². The Bertz CT molecular complexity index is 2060. The van der Waals surface area contributed by atoms with Crippen LogP contribution in [0, 0.1) is 12.7 Å². The second kappa shape index (κ2) is 10.8. The molecule has 6 rings (SSSR count). The Morgan fingerprint density at radius 1 is 1.16 bits per heavy atom. The van der Waals surface area contributed by atoms with Gasteiger partial charge in [-0.3, -0.25) is 28.5 Å². The molecule has 0 bridgehead atoms. The van der Waals surface area contributed by atoms with E-state index in [2.05, 4.69) is 16.5 Å². The molecule has 1 fully saturated rings. The van der Waals surface area contributed by atoms with Gasteiger partial charge in [0.2, 0.25) is 5.91 Å². The number of likely N-dealkylation sites (tertiary alicyclic amines) is 1. The molecule has 5 heterocycles. The number of aromatic nitrogens is 5. The summed E-state index contributed by atoms with van der Waals surface area (Å²) in [5.74, 6) is -0.956. The number of carbonyl (C=O) groups excluding carboxylic acids is 1. The summed E-state index contributed by atoms with van der Waals surface area (Å²) < 4.78 is 19.6. The summed E-state index contributed by atoms with van der Waals surface area (Å²) >= 11 is 1.28. The molecule has 4 aromatic heterocycles. The number of aryl methyl sites for hydroxylation is 1. The van der Waals surface area contributed by atoms with Crippen molar-refractivity contribution in [1.29, 1.82) is 0 Å². The van der Waals surface area contributed by atoms with Crippen molar-refractivity contribution in [1.82, 2.24) is 29.0 Å². The zero-order valence-electron chi connectivity index (χ0n) is 24.0. The van der Waals surface area contributed by atoms with Gasteiger partial charge in [0.05, 0.1) is 27.1 Å². The van der Waals surface area contributed by atoms with Crippen molar-refractivity contribution >= 4 is 43.8 Å². The van der Waals surface area contributed by atoms with Crippen LogP contribution in [0.15, 0.2) is 58.8 Å². The van der Waals surface area contributed by atoms with Crippen molar-refractivity contribution in [3.63, 3.8) is 0 Å². The number of thiazole rings is 1. The molecule has 0 aliphatic carbocycles. The van der Waals surface area contributed by atoms with E-state index < -0.39 is 23.0 Å². The molecule has 5 aromatic rings.